The number of benzene rings is 2. The highest BCUT2D eigenvalue weighted by molar-refractivity contribution is 6.32. The molecular weight excluding hydrogens is 551 g/mol. The Morgan fingerprint density at radius 2 is 1.98 bits per heavy atom. The van der Waals surface area contributed by atoms with Crippen LogP contribution >= 0.6 is 23.2 Å². The van der Waals surface area contributed by atoms with Gasteiger partial charge in [0, 0.05) is 28.6 Å². The highest BCUT2D eigenvalue weighted by Crippen LogP contribution is 2.34. The molecule has 4 aromatic rings. The summed E-state index contributed by atoms with van der Waals surface area (Å²) in [5, 5.41) is 18.2. The van der Waals surface area contributed by atoms with Gasteiger partial charge in [0.2, 0.25) is 11.8 Å². The predicted octanol–water partition coefficient (Wildman–Crippen LogP) is 5.77. The second-order valence-electron chi connectivity index (χ2n) is 9.82. The van der Waals surface area contributed by atoms with E-state index in [9.17, 15) is 9.59 Å². The Bertz CT molecular complexity index is 1530. The molecule has 1 unspecified atom stereocenters. The summed E-state index contributed by atoms with van der Waals surface area (Å²) in [5.74, 6) is 0.436. The van der Waals surface area contributed by atoms with Crippen molar-refractivity contribution in [3.63, 3.8) is 0 Å². The smallest absolute Gasteiger partial charge is 0.244 e. The average molecular weight is 579 g/mol. The zero-order valence-corrected chi connectivity index (χ0v) is 23.3. The minimum absolute atomic E-state index is 0.0382. The summed E-state index contributed by atoms with van der Waals surface area (Å²) in [6.45, 7) is 2.08. The van der Waals surface area contributed by atoms with Crippen molar-refractivity contribution < 1.29 is 9.59 Å². The number of fused-ring (bicyclic) bond motifs is 4. The number of aromatic amines is 1. The van der Waals surface area contributed by atoms with E-state index in [4.69, 9.17) is 28.2 Å². The van der Waals surface area contributed by atoms with Crippen molar-refractivity contribution >= 4 is 46.8 Å². The third-order valence-corrected chi connectivity index (χ3v) is 7.26. The summed E-state index contributed by atoms with van der Waals surface area (Å²) in [6, 6.07) is 12.3. The van der Waals surface area contributed by atoms with Crippen LogP contribution in [0.15, 0.2) is 54.9 Å². The van der Waals surface area contributed by atoms with Gasteiger partial charge in [0.05, 0.1) is 17.4 Å². The van der Waals surface area contributed by atoms with Gasteiger partial charge in [-0.15, -0.1) is 5.10 Å². The number of para-hydroxylation sites is 1. The number of imidazole rings is 1. The molecule has 2 bridgehead atoms. The van der Waals surface area contributed by atoms with Gasteiger partial charge < -0.3 is 15.6 Å². The molecule has 3 N–H and O–H groups in total. The summed E-state index contributed by atoms with van der Waals surface area (Å²) < 4.78 is 1.50. The largest absolute Gasteiger partial charge is 0.343 e. The van der Waals surface area contributed by atoms with Gasteiger partial charge in [0.25, 0.3) is 0 Å². The van der Waals surface area contributed by atoms with E-state index in [-0.39, 0.29) is 17.7 Å². The number of anilines is 1. The van der Waals surface area contributed by atoms with Crippen molar-refractivity contribution in [3.05, 3.63) is 76.4 Å². The highest BCUT2D eigenvalue weighted by atomic mass is 35.5. The Balaban J connectivity index is 1.42. The molecule has 3 heterocycles. The second-order valence-corrected chi connectivity index (χ2v) is 10.6. The maximum atomic E-state index is 13.1. The monoisotopic (exact) mass is 578 g/mol. The second kappa shape index (κ2) is 12.4. The van der Waals surface area contributed by atoms with Crippen LogP contribution in [0.3, 0.4) is 0 Å². The fourth-order valence-corrected chi connectivity index (χ4v) is 5.20. The van der Waals surface area contributed by atoms with Gasteiger partial charge in [-0.3, -0.25) is 9.59 Å². The molecule has 12 heteroatoms. The zero-order valence-electron chi connectivity index (χ0n) is 21.8. The standard InChI is InChI=1S/C28H28Cl2N8O2/c1-17-6-2-4-9-22(28-34-26(27(30)35-28)20-7-3-5-8-21(20)32-25(40)14-17)33-24(39)13-10-18-15-19(29)11-12-23(18)38-16-31-36-37-38/h3,5,7-8,10-13,15-17,22H,2,4,6,9,14H2,1H3,(H,32,40)(H,33,39)(H,34,35)/b13-10+/t17?,22-/m0/s1. The van der Waals surface area contributed by atoms with Crippen molar-refractivity contribution in [2.24, 2.45) is 5.92 Å². The molecule has 0 saturated carbocycles. The maximum Gasteiger partial charge on any atom is 0.244 e. The van der Waals surface area contributed by atoms with Crippen LogP contribution < -0.4 is 10.6 Å². The SMILES string of the molecule is CC1CCCC[C@H](NC(=O)/C=C/c2cc(Cl)ccc2-n2cnnn2)c2nc(c(Cl)[nH]2)-c2ccccc2NC(=O)C1. The van der Waals surface area contributed by atoms with Crippen LogP contribution in [0.4, 0.5) is 5.69 Å². The minimum atomic E-state index is -0.401. The number of carbonyl (C=O) groups is 2. The van der Waals surface area contributed by atoms with Crippen molar-refractivity contribution in [1.82, 2.24) is 35.5 Å². The van der Waals surface area contributed by atoms with Crippen LogP contribution in [0.2, 0.25) is 10.2 Å². The third-order valence-electron chi connectivity index (χ3n) is 6.75. The topological polar surface area (TPSA) is 130 Å². The zero-order chi connectivity index (χ0) is 28.1. The molecule has 10 nitrogen and oxygen atoms in total. The van der Waals surface area contributed by atoms with Crippen LogP contribution in [0.25, 0.3) is 23.0 Å². The van der Waals surface area contributed by atoms with E-state index in [2.05, 4.69) is 38.1 Å². The van der Waals surface area contributed by atoms with Crippen LogP contribution in [0.1, 0.15) is 56.5 Å². The number of nitrogens with one attached hydrogen (secondary N) is 3. The normalized spacial score (nSPS) is 18.1. The minimum Gasteiger partial charge on any atom is -0.343 e. The molecule has 0 saturated heterocycles. The van der Waals surface area contributed by atoms with Gasteiger partial charge in [0.1, 0.15) is 23.0 Å². The molecule has 5 rings (SSSR count). The molecular formula is C28H28Cl2N8O2. The van der Waals surface area contributed by atoms with E-state index < -0.39 is 6.04 Å². The van der Waals surface area contributed by atoms with E-state index >= 15 is 0 Å². The molecule has 0 fully saturated rings. The first-order chi connectivity index (χ1) is 19.4. The number of aromatic nitrogens is 6. The van der Waals surface area contributed by atoms with E-state index in [0.29, 0.717) is 57.0 Å². The number of nitrogens with zero attached hydrogens (tertiary/aromatic N) is 5. The molecule has 40 heavy (non-hydrogen) atoms. The fraction of sp³-hybridized carbons (Fsp3) is 0.286. The van der Waals surface area contributed by atoms with Crippen molar-refractivity contribution in [3.8, 4) is 16.9 Å². The van der Waals surface area contributed by atoms with Gasteiger partial charge in [-0.25, -0.2) is 4.98 Å². The number of H-pyrrole nitrogens is 1. The van der Waals surface area contributed by atoms with Gasteiger partial charge in [0.15, 0.2) is 0 Å². The molecule has 1 aliphatic heterocycles. The first-order valence-corrected chi connectivity index (χ1v) is 13.8. The van der Waals surface area contributed by atoms with Crippen LogP contribution in [-0.4, -0.2) is 42.0 Å². The van der Waals surface area contributed by atoms with Gasteiger partial charge in [-0.1, -0.05) is 67.6 Å². The van der Waals surface area contributed by atoms with Crippen molar-refractivity contribution in [1.29, 1.82) is 0 Å². The van der Waals surface area contributed by atoms with E-state index in [0.717, 1.165) is 19.3 Å². The van der Waals surface area contributed by atoms with Crippen LogP contribution in [0, 0.1) is 5.92 Å². The van der Waals surface area contributed by atoms with E-state index in [1.165, 1.54) is 17.1 Å². The first kappa shape index (κ1) is 27.5. The lowest BCUT2D eigenvalue weighted by atomic mass is 9.97. The lowest BCUT2D eigenvalue weighted by Gasteiger charge is -2.18. The van der Waals surface area contributed by atoms with Gasteiger partial charge >= 0.3 is 0 Å². The summed E-state index contributed by atoms with van der Waals surface area (Å²) in [5.41, 5.74) is 3.21. The van der Waals surface area contributed by atoms with Gasteiger partial charge in [-0.05, 0) is 53.1 Å². The van der Waals surface area contributed by atoms with Crippen molar-refractivity contribution in [2.75, 3.05) is 5.32 Å². The molecule has 0 aliphatic carbocycles. The molecule has 2 aromatic carbocycles. The molecule has 2 atom stereocenters. The Kier molecular flexibility index (Phi) is 8.57. The quantitative estimate of drug-likeness (QED) is 0.263. The first-order valence-electron chi connectivity index (χ1n) is 13.0. The Hall–Kier alpha value is -4.02. The predicted molar refractivity (Wildman–Crippen MR) is 154 cm³/mol. The fourth-order valence-electron chi connectivity index (χ4n) is 4.77. The number of halogens is 2. The number of rotatable bonds is 4. The third kappa shape index (κ3) is 6.57. The number of carbonyl (C=O) groups excluding carboxylic acids is 2. The molecule has 0 radical (unpaired) electrons. The number of amides is 2. The van der Waals surface area contributed by atoms with E-state index in [1.54, 1.807) is 24.3 Å². The average Bonchev–Trinajstić information content (AvgIpc) is 3.59. The summed E-state index contributed by atoms with van der Waals surface area (Å²) >= 11 is 12.8. The lowest BCUT2D eigenvalue weighted by molar-refractivity contribution is -0.118. The molecule has 2 aromatic heterocycles. The Morgan fingerprint density at radius 3 is 2.80 bits per heavy atom. The summed E-state index contributed by atoms with van der Waals surface area (Å²) in [6.07, 6.45) is 8.30. The number of tetrazole rings is 1. The van der Waals surface area contributed by atoms with E-state index in [1.807, 2.05) is 24.3 Å². The summed E-state index contributed by atoms with van der Waals surface area (Å²) in [4.78, 5) is 33.7. The van der Waals surface area contributed by atoms with Crippen LogP contribution in [0.5, 0.6) is 0 Å². The Labute approximate surface area is 241 Å². The van der Waals surface area contributed by atoms with Crippen LogP contribution in [-0.2, 0) is 9.59 Å². The number of hydrogen-bond acceptors (Lipinski definition) is 6. The molecule has 206 valence electrons. The van der Waals surface area contributed by atoms with Gasteiger partial charge in [-0.2, -0.15) is 4.68 Å². The molecule has 1 aliphatic rings. The lowest BCUT2D eigenvalue weighted by Crippen LogP contribution is -2.28. The highest BCUT2D eigenvalue weighted by Gasteiger charge is 2.23. The molecule has 2 amide bonds. The summed E-state index contributed by atoms with van der Waals surface area (Å²) in [7, 11) is 0. The Morgan fingerprint density at radius 1 is 1.15 bits per heavy atom. The maximum absolute atomic E-state index is 13.1. The molecule has 0 spiro atoms. The number of hydrogen-bond donors (Lipinski definition) is 3. The van der Waals surface area contributed by atoms with Crippen molar-refractivity contribution in [2.45, 2.75) is 45.1 Å².